The summed E-state index contributed by atoms with van der Waals surface area (Å²) in [7, 11) is 0. The fourth-order valence-electron chi connectivity index (χ4n) is 1.73. The van der Waals surface area contributed by atoms with Gasteiger partial charge >= 0.3 is 0 Å². The average Bonchev–Trinajstić information content (AvgIpc) is 2.59. The Morgan fingerprint density at radius 2 is 2.33 bits per heavy atom. The first-order valence-electron chi connectivity index (χ1n) is 5.17. The van der Waals surface area contributed by atoms with E-state index in [0.29, 0.717) is 0 Å². The smallest absolute Gasteiger partial charge is 0.172 e. The number of carbonyl (C=O) groups is 1. The molecular weight excluding hydrogens is 208 g/mol. The van der Waals surface area contributed by atoms with E-state index in [9.17, 15) is 4.79 Å². The minimum absolute atomic E-state index is 0.0381. The number of aryl methyl sites for hydroxylation is 2. The van der Waals surface area contributed by atoms with E-state index in [0.717, 1.165) is 5.00 Å². The number of nitrogens with zero attached hydrogens (tertiary/aromatic N) is 1. The maximum absolute atomic E-state index is 10.6. The van der Waals surface area contributed by atoms with Crippen LogP contribution in [0.1, 0.15) is 30.2 Å². The van der Waals surface area contributed by atoms with Crippen molar-refractivity contribution < 1.29 is 4.79 Å². The molecule has 1 aromatic heterocycles. The maximum atomic E-state index is 10.6. The second-order valence-electron chi connectivity index (χ2n) is 3.75. The van der Waals surface area contributed by atoms with Crippen LogP contribution in [0.5, 0.6) is 0 Å². The summed E-state index contributed by atoms with van der Waals surface area (Å²) in [6.07, 6.45) is 6.27. The number of hydrazone groups is 1. The Kier molecular flexibility index (Phi) is 3.16. The van der Waals surface area contributed by atoms with E-state index in [1.807, 2.05) is 0 Å². The van der Waals surface area contributed by atoms with E-state index in [1.54, 1.807) is 11.3 Å². The monoisotopic (exact) mass is 222 g/mol. The maximum Gasteiger partial charge on any atom is 0.172 e. The van der Waals surface area contributed by atoms with E-state index < -0.39 is 0 Å². The lowest BCUT2D eigenvalue weighted by molar-refractivity contribution is -0.110. The van der Waals surface area contributed by atoms with E-state index in [2.05, 4.69) is 16.6 Å². The zero-order chi connectivity index (χ0) is 10.7. The molecular formula is C11H14N2OS. The number of nitrogens with one attached hydrogen (secondary N) is 1. The molecule has 1 N–H and O–H groups in total. The largest absolute Gasteiger partial charge is 0.293 e. The van der Waals surface area contributed by atoms with Gasteiger partial charge in [-0.15, -0.1) is 11.3 Å². The van der Waals surface area contributed by atoms with Gasteiger partial charge in [-0.3, -0.25) is 10.2 Å². The summed E-state index contributed by atoms with van der Waals surface area (Å²) in [5.74, 6) is -0.0381. The second kappa shape index (κ2) is 4.57. The van der Waals surface area contributed by atoms with Gasteiger partial charge < -0.3 is 0 Å². The minimum Gasteiger partial charge on any atom is -0.293 e. The molecule has 80 valence electrons. The predicted molar refractivity (Wildman–Crippen MR) is 63.8 cm³/mol. The van der Waals surface area contributed by atoms with E-state index in [4.69, 9.17) is 0 Å². The van der Waals surface area contributed by atoms with Crippen LogP contribution in [0, 0.1) is 0 Å². The molecule has 0 amide bonds. The first-order chi connectivity index (χ1) is 7.25. The molecule has 0 saturated heterocycles. The normalized spacial score (nSPS) is 15.3. The van der Waals surface area contributed by atoms with Crippen molar-refractivity contribution in [2.45, 2.75) is 32.6 Å². The standard InChI is InChI=1S/C11H14N2OS/c1-8(14)7-12-13-11-6-9-4-2-3-5-10(9)15-11/h6-7,13H,2-5H2,1H3/b12-7-. The van der Waals surface area contributed by atoms with Gasteiger partial charge in [-0.2, -0.15) is 5.10 Å². The van der Waals surface area contributed by atoms with E-state index >= 15 is 0 Å². The molecule has 0 radical (unpaired) electrons. The lowest BCUT2D eigenvalue weighted by atomic mass is 10.00. The predicted octanol–water partition coefficient (Wildman–Crippen LogP) is 2.61. The third-order valence-electron chi connectivity index (χ3n) is 2.42. The fourth-order valence-corrected chi connectivity index (χ4v) is 2.84. The van der Waals surface area contributed by atoms with Crippen molar-refractivity contribution in [3.63, 3.8) is 0 Å². The third kappa shape index (κ3) is 2.65. The topological polar surface area (TPSA) is 41.5 Å². The molecule has 1 aromatic rings. The van der Waals surface area contributed by atoms with Gasteiger partial charge in [-0.05, 0) is 37.3 Å². The summed E-state index contributed by atoms with van der Waals surface area (Å²) < 4.78 is 0. The molecule has 1 heterocycles. The third-order valence-corrected chi connectivity index (χ3v) is 3.56. The van der Waals surface area contributed by atoms with E-state index in [1.165, 1.54) is 49.3 Å². The Morgan fingerprint density at radius 3 is 3.07 bits per heavy atom. The number of hydrogen-bond donors (Lipinski definition) is 1. The van der Waals surface area contributed by atoms with Crippen LogP contribution in [-0.2, 0) is 17.6 Å². The molecule has 1 aliphatic rings. The van der Waals surface area contributed by atoms with E-state index in [-0.39, 0.29) is 5.78 Å². The van der Waals surface area contributed by atoms with Crippen molar-refractivity contribution in [1.82, 2.24) is 0 Å². The number of carbonyl (C=O) groups excluding carboxylic acids is 1. The average molecular weight is 222 g/mol. The molecule has 15 heavy (non-hydrogen) atoms. The van der Waals surface area contributed by atoms with Crippen molar-refractivity contribution in [2.75, 3.05) is 5.43 Å². The fraction of sp³-hybridized carbons (Fsp3) is 0.455. The molecule has 0 saturated carbocycles. The summed E-state index contributed by atoms with van der Waals surface area (Å²) >= 11 is 1.75. The van der Waals surface area contributed by atoms with Gasteiger partial charge in [0.1, 0.15) is 5.00 Å². The Balaban J connectivity index is 2.03. The highest BCUT2D eigenvalue weighted by Gasteiger charge is 2.12. The highest BCUT2D eigenvalue weighted by Crippen LogP contribution is 2.32. The molecule has 0 aromatic carbocycles. The van der Waals surface area contributed by atoms with Crippen LogP contribution in [0.2, 0.25) is 0 Å². The highest BCUT2D eigenvalue weighted by molar-refractivity contribution is 7.16. The molecule has 0 spiro atoms. The zero-order valence-electron chi connectivity index (χ0n) is 8.75. The van der Waals surface area contributed by atoms with Gasteiger partial charge in [-0.1, -0.05) is 0 Å². The Hall–Kier alpha value is -1.16. The number of ketones is 1. The van der Waals surface area contributed by atoms with Gasteiger partial charge in [0.15, 0.2) is 5.78 Å². The zero-order valence-corrected chi connectivity index (χ0v) is 9.56. The first kappa shape index (κ1) is 10.4. The van der Waals surface area contributed by atoms with Gasteiger partial charge in [0.25, 0.3) is 0 Å². The van der Waals surface area contributed by atoms with Gasteiger partial charge in [-0.25, -0.2) is 0 Å². The minimum atomic E-state index is -0.0381. The van der Waals surface area contributed by atoms with Crippen molar-refractivity contribution >= 4 is 28.3 Å². The summed E-state index contributed by atoms with van der Waals surface area (Å²) in [5.41, 5.74) is 4.35. The summed E-state index contributed by atoms with van der Waals surface area (Å²) in [6.45, 7) is 1.49. The number of rotatable bonds is 3. The Bertz CT molecular complexity index is 372. The molecule has 1 aliphatic carbocycles. The van der Waals surface area contributed by atoms with Crippen molar-refractivity contribution in [3.8, 4) is 0 Å². The number of fused-ring (bicyclic) bond motifs is 1. The summed E-state index contributed by atoms with van der Waals surface area (Å²) in [6, 6.07) is 2.15. The van der Waals surface area contributed by atoms with Crippen LogP contribution in [0.4, 0.5) is 5.00 Å². The van der Waals surface area contributed by atoms with Crippen LogP contribution in [0.3, 0.4) is 0 Å². The molecule has 2 rings (SSSR count). The lowest BCUT2D eigenvalue weighted by Gasteiger charge is -2.08. The van der Waals surface area contributed by atoms with Crippen LogP contribution < -0.4 is 5.43 Å². The molecule has 4 heteroatoms. The molecule has 0 unspecified atom stereocenters. The quantitative estimate of drug-likeness (QED) is 0.631. The van der Waals surface area contributed by atoms with Crippen LogP contribution in [-0.4, -0.2) is 12.0 Å². The van der Waals surface area contributed by atoms with Crippen LogP contribution in [0.15, 0.2) is 11.2 Å². The number of Topliss-reactive ketones (excluding diaryl/α,β-unsaturated/α-hetero) is 1. The second-order valence-corrected chi connectivity index (χ2v) is 4.88. The number of thiophene rings is 1. The van der Waals surface area contributed by atoms with Gasteiger partial charge in [0, 0.05) is 11.8 Å². The van der Waals surface area contributed by atoms with Crippen LogP contribution in [0.25, 0.3) is 0 Å². The lowest BCUT2D eigenvalue weighted by Crippen LogP contribution is -1.96. The number of hydrogen-bond acceptors (Lipinski definition) is 4. The first-order valence-corrected chi connectivity index (χ1v) is 5.98. The molecule has 3 nitrogen and oxygen atoms in total. The summed E-state index contributed by atoms with van der Waals surface area (Å²) in [5, 5.41) is 4.91. The highest BCUT2D eigenvalue weighted by atomic mass is 32.1. The van der Waals surface area contributed by atoms with Gasteiger partial charge in [0.05, 0.1) is 6.21 Å². The molecule has 0 atom stereocenters. The Labute approximate surface area is 93.2 Å². The van der Waals surface area contributed by atoms with Crippen LogP contribution >= 0.6 is 11.3 Å². The molecule has 0 bridgehead atoms. The molecule has 0 aliphatic heterocycles. The SMILES string of the molecule is CC(=O)/C=N\Nc1cc2c(s1)CCCC2. The van der Waals surface area contributed by atoms with Crippen molar-refractivity contribution in [1.29, 1.82) is 0 Å². The van der Waals surface area contributed by atoms with Gasteiger partial charge in [0.2, 0.25) is 0 Å². The van der Waals surface area contributed by atoms with Crippen molar-refractivity contribution in [2.24, 2.45) is 5.10 Å². The summed E-state index contributed by atoms with van der Waals surface area (Å²) in [4.78, 5) is 12.1. The number of anilines is 1. The van der Waals surface area contributed by atoms with Crippen molar-refractivity contribution in [3.05, 3.63) is 16.5 Å². The molecule has 0 fully saturated rings. The Morgan fingerprint density at radius 1 is 1.53 bits per heavy atom.